The fourth-order valence-electron chi connectivity index (χ4n) is 12.7. The Bertz CT molecular complexity index is 1560. The van der Waals surface area contributed by atoms with E-state index in [0.717, 1.165) is 31.2 Å². The molecule has 7 rings (SSSR count). The molecule has 1 aromatic heterocycles. The maximum Gasteiger partial charge on any atom is 0.335 e. The third-order valence-electron chi connectivity index (χ3n) is 15.0. The first-order valence-electron chi connectivity index (χ1n) is 18.6. The number of pyridine rings is 1. The highest BCUT2D eigenvalue weighted by molar-refractivity contribution is 5.88. The van der Waals surface area contributed by atoms with Gasteiger partial charge in [0.2, 0.25) is 5.91 Å². The van der Waals surface area contributed by atoms with E-state index in [9.17, 15) is 14.7 Å². The molecule has 0 saturated heterocycles. The summed E-state index contributed by atoms with van der Waals surface area (Å²) in [7, 11) is 0. The summed E-state index contributed by atoms with van der Waals surface area (Å²) in [6, 6.07) is 11.5. The van der Waals surface area contributed by atoms with Crippen molar-refractivity contribution in [2.24, 2.45) is 50.7 Å². The van der Waals surface area contributed by atoms with Gasteiger partial charge in [-0.05, 0) is 151 Å². The first-order valence-corrected chi connectivity index (χ1v) is 18.6. The minimum Gasteiger partial charge on any atom is -0.478 e. The molecule has 4 fully saturated rings. The molecule has 8 atom stereocenters. The zero-order chi connectivity index (χ0) is 34.5. The van der Waals surface area contributed by atoms with Crippen molar-refractivity contribution in [1.29, 1.82) is 0 Å². The number of fused-ring (bicyclic) bond motifs is 7. The van der Waals surface area contributed by atoms with Gasteiger partial charge in [0.25, 0.3) is 0 Å². The second kappa shape index (κ2) is 12.6. The van der Waals surface area contributed by atoms with Crippen LogP contribution < -0.4 is 5.32 Å². The van der Waals surface area contributed by atoms with Crippen molar-refractivity contribution in [3.63, 3.8) is 0 Å². The number of rotatable bonds is 5. The summed E-state index contributed by atoms with van der Waals surface area (Å²) in [5.74, 6) is 1.76. The summed E-state index contributed by atoms with van der Waals surface area (Å²) in [5.41, 5.74) is 4.55. The van der Waals surface area contributed by atoms with Crippen LogP contribution in [-0.4, -0.2) is 22.0 Å². The molecule has 2 N–H and O–H groups in total. The zero-order valence-electron chi connectivity index (χ0n) is 30.3. The van der Waals surface area contributed by atoms with Gasteiger partial charge in [-0.3, -0.25) is 9.78 Å². The molecular formula is C43H58N2O3. The number of aromatic carboxylic acids is 1. The van der Waals surface area contributed by atoms with E-state index in [1.807, 2.05) is 31.2 Å². The second-order valence-electron chi connectivity index (χ2n) is 17.2. The van der Waals surface area contributed by atoms with Gasteiger partial charge in [-0.1, -0.05) is 65.3 Å². The SMILES string of the molecule is C=CC.CC1(C)C(c2ccc(C(=O)O)cc2)=CCC2(C)C1CCC1(C)C2CCC2C3CCCC3(C(=O)NCc3ccncc3)CC[C@]21C. The first kappa shape index (κ1) is 34.6. The summed E-state index contributed by atoms with van der Waals surface area (Å²) in [6.45, 7) is 18.6. The molecule has 48 heavy (non-hydrogen) atoms. The summed E-state index contributed by atoms with van der Waals surface area (Å²) >= 11 is 0. The molecule has 4 saturated carbocycles. The Morgan fingerprint density at radius 3 is 2.23 bits per heavy atom. The van der Waals surface area contributed by atoms with E-state index in [4.69, 9.17) is 0 Å². The van der Waals surface area contributed by atoms with Crippen LogP contribution in [0.1, 0.15) is 127 Å². The molecule has 2 aromatic rings. The molecule has 0 bridgehead atoms. The number of hydrogen-bond donors (Lipinski definition) is 2. The molecule has 1 heterocycles. The lowest BCUT2D eigenvalue weighted by molar-refractivity contribution is -0.222. The number of hydrogen-bond acceptors (Lipinski definition) is 3. The van der Waals surface area contributed by atoms with Crippen molar-refractivity contribution in [1.82, 2.24) is 10.3 Å². The quantitative estimate of drug-likeness (QED) is 0.316. The van der Waals surface area contributed by atoms with Crippen LogP contribution >= 0.6 is 0 Å². The lowest BCUT2D eigenvalue weighted by atomic mass is 9.32. The van der Waals surface area contributed by atoms with Crippen LogP contribution in [0.15, 0.2) is 67.5 Å². The van der Waals surface area contributed by atoms with Gasteiger partial charge < -0.3 is 10.4 Å². The number of aromatic nitrogens is 1. The van der Waals surface area contributed by atoms with Gasteiger partial charge in [-0.15, -0.1) is 6.58 Å². The third kappa shape index (κ3) is 5.21. The smallest absolute Gasteiger partial charge is 0.335 e. The fourth-order valence-corrected chi connectivity index (χ4v) is 12.7. The molecule has 5 aliphatic carbocycles. The molecule has 1 amide bonds. The van der Waals surface area contributed by atoms with Crippen LogP contribution in [0.4, 0.5) is 0 Å². The third-order valence-corrected chi connectivity index (χ3v) is 15.0. The summed E-state index contributed by atoms with van der Waals surface area (Å²) < 4.78 is 0. The Labute approximate surface area is 289 Å². The number of nitrogens with one attached hydrogen (secondary N) is 1. The van der Waals surface area contributed by atoms with E-state index in [-0.39, 0.29) is 27.1 Å². The van der Waals surface area contributed by atoms with Gasteiger partial charge in [0.05, 0.1) is 11.0 Å². The van der Waals surface area contributed by atoms with Gasteiger partial charge in [0.15, 0.2) is 0 Å². The molecule has 0 spiro atoms. The number of carboxylic acid groups (broad SMARTS) is 1. The zero-order valence-corrected chi connectivity index (χ0v) is 30.3. The molecule has 0 radical (unpaired) electrons. The number of amides is 1. The number of carbonyl (C=O) groups is 2. The number of benzene rings is 1. The lowest BCUT2D eigenvalue weighted by Crippen LogP contribution is -2.65. The Balaban J connectivity index is 0.00000129. The van der Waals surface area contributed by atoms with Crippen molar-refractivity contribution in [3.8, 4) is 0 Å². The van der Waals surface area contributed by atoms with Crippen LogP contribution in [-0.2, 0) is 11.3 Å². The number of nitrogens with zero attached hydrogens (tertiary/aromatic N) is 1. The molecule has 0 aliphatic heterocycles. The molecule has 258 valence electrons. The predicted molar refractivity (Wildman–Crippen MR) is 194 cm³/mol. The number of carbonyl (C=O) groups excluding carboxylic acids is 1. The normalized spacial score (nSPS) is 37.6. The van der Waals surface area contributed by atoms with Gasteiger partial charge in [0.1, 0.15) is 0 Å². The van der Waals surface area contributed by atoms with Crippen LogP contribution in [0.2, 0.25) is 0 Å². The average Bonchev–Trinajstić information content (AvgIpc) is 3.50. The van der Waals surface area contributed by atoms with E-state index in [0.29, 0.717) is 41.7 Å². The molecule has 7 unspecified atom stereocenters. The number of carboxylic acids is 1. The molecular weight excluding hydrogens is 592 g/mol. The van der Waals surface area contributed by atoms with Crippen LogP contribution in [0.5, 0.6) is 0 Å². The van der Waals surface area contributed by atoms with Crippen molar-refractivity contribution in [2.45, 2.75) is 112 Å². The summed E-state index contributed by atoms with van der Waals surface area (Å²) in [4.78, 5) is 29.7. The monoisotopic (exact) mass is 650 g/mol. The minimum atomic E-state index is -0.871. The predicted octanol–water partition coefficient (Wildman–Crippen LogP) is 10.1. The first-order chi connectivity index (χ1) is 22.8. The van der Waals surface area contributed by atoms with Crippen molar-refractivity contribution in [2.75, 3.05) is 0 Å². The highest BCUT2D eigenvalue weighted by Crippen LogP contribution is 2.77. The van der Waals surface area contributed by atoms with E-state index in [2.05, 4.69) is 57.6 Å². The van der Waals surface area contributed by atoms with Crippen molar-refractivity contribution in [3.05, 3.63) is 84.2 Å². The van der Waals surface area contributed by atoms with Gasteiger partial charge >= 0.3 is 5.97 Å². The molecule has 5 aliphatic rings. The highest BCUT2D eigenvalue weighted by Gasteiger charge is 2.70. The standard InChI is InChI=1S/C40H52N2O3.C3H6/c1-36(2)29(27-8-10-28(11-9-27)34(43)44)14-19-37(3)32(36)15-20-39(5)33(37)13-12-30-31-7-6-18-40(31,22-21-38(30,39)4)35(45)42-25-26-16-23-41-24-17-26;1-3-2/h8-11,14,16-17,23-24,30-33H,6-7,12-13,15,18-22,25H2,1-5H3,(H,42,45)(H,43,44);3H,1H2,2H3/t30?,31?,32?,33?,37?,38-,39?,40?;/m1./s1. The van der Waals surface area contributed by atoms with Crippen LogP contribution in [0.25, 0.3) is 5.57 Å². The fraction of sp³-hybridized carbons (Fsp3) is 0.605. The average molecular weight is 651 g/mol. The Hall–Kier alpha value is -3.21. The molecule has 5 nitrogen and oxygen atoms in total. The van der Waals surface area contributed by atoms with Gasteiger partial charge in [0, 0.05) is 18.9 Å². The topological polar surface area (TPSA) is 79.3 Å². The Kier molecular flexibility index (Phi) is 9.09. The Morgan fingerprint density at radius 1 is 0.875 bits per heavy atom. The maximum absolute atomic E-state index is 14.1. The van der Waals surface area contributed by atoms with E-state index < -0.39 is 5.97 Å². The van der Waals surface area contributed by atoms with Crippen molar-refractivity contribution < 1.29 is 14.7 Å². The number of allylic oxidation sites excluding steroid dienone is 3. The van der Waals surface area contributed by atoms with E-state index in [1.54, 1.807) is 30.6 Å². The van der Waals surface area contributed by atoms with Crippen LogP contribution in [0, 0.1) is 50.7 Å². The van der Waals surface area contributed by atoms with Gasteiger partial charge in [-0.25, -0.2) is 4.79 Å². The van der Waals surface area contributed by atoms with Crippen molar-refractivity contribution >= 4 is 17.4 Å². The molecule has 1 aromatic carbocycles. The lowest BCUT2D eigenvalue weighted by Gasteiger charge is -2.72. The summed E-state index contributed by atoms with van der Waals surface area (Å²) in [5, 5.41) is 12.8. The van der Waals surface area contributed by atoms with Gasteiger partial charge in [-0.2, -0.15) is 0 Å². The second-order valence-corrected chi connectivity index (χ2v) is 17.2. The largest absolute Gasteiger partial charge is 0.478 e. The van der Waals surface area contributed by atoms with E-state index in [1.165, 1.54) is 49.7 Å². The molecule has 5 heteroatoms. The highest BCUT2D eigenvalue weighted by atomic mass is 16.4. The summed E-state index contributed by atoms with van der Waals surface area (Å²) in [6.07, 6.45) is 19.6. The Morgan fingerprint density at radius 2 is 1.56 bits per heavy atom. The van der Waals surface area contributed by atoms with Crippen LogP contribution in [0.3, 0.4) is 0 Å². The van der Waals surface area contributed by atoms with E-state index >= 15 is 0 Å². The maximum atomic E-state index is 14.1. The minimum absolute atomic E-state index is 0.0108.